The highest BCUT2D eigenvalue weighted by molar-refractivity contribution is 9.10. The van der Waals surface area contributed by atoms with Crippen molar-refractivity contribution < 1.29 is 9.72 Å². The van der Waals surface area contributed by atoms with Crippen LogP contribution in [0.15, 0.2) is 45.8 Å². The summed E-state index contributed by atoms with van der Waals surface area (Å²) in [5.74, 6) is -0.530. The number of anilines is 1. The minimum atomic E-state index is -0.560. The molecule has 0 bridgehead atoms. The zero-order chi connectivity index (χ0) is 14.7. The molecule has 1 aromatic heterocycles. The Morgan fingerprint density at radius 2 is 2.05 bits per heavy atom. The van der Waals surface area contributed by atoms with Crippen LogP contribution in [0.3, 0.4) is 0 Å². The molecule has 8 heteroatoms. The minimum Gasteiger partial charge on any atom is -0.329 e. The number of halogens is 1. The Bertz CT molecular complexity index is 741. The van der Waals surface area contributed by atoms with Crippen molar-refractivity contribution >= 4 is 33.2 Å². The summed E-state index contributed by atoms with van der Waals surface area (Å²) in [6, 6.07) is 6.58. The molecule has 0 radical (unpaired) electrons. The molecule has 2 aromatic rings. The normalized spacial score (nSPS) is 10.1. The van der Waals surface area contributed by atoms with Gasteiger partial charge in [0.2, 0.25) is 5.56 Å². The summed E-state index contributed by atoms with van der Waals surface area (Å²) in [6.45, 7) is 0. The maximum atomic E-state index is 11.9. The van der Waals surface area contributed by atoms with Gasteiger partial charge in [0.1, 0.15) is 0 Å². The van der Waals surface area contributed by atoms with Crippen molar-refractivity contribution in [2.75, 3.05) is 5.32 Å². The lowest BCUT2D eigenvalue weighted by Crippen LogP contribution is -2.15. The Hall–Kier alpha value is -2.48. The fourth-order valence-electron chi connectivity index (χ4n) is 1.50. The molecule has 0 atom stereocenters. The van der Waals surface area contributed by atoms with Crippen molar-refractivity contribution in [1.82, 2.24) is 4.98 Å². The van der Waals surface area contributed by atoms with Crippen LogP contribution in [0, 0.1) is 10.1 Å². The van der Waals surface area contributed by atoms with Crippen LogP contribution < -0.4 is 10.9 Å². The standard InChI is InChI=1S/C12H8BrN3O4/c13-9-2-1-8(16(19)20)6-10(9)15-12(18)7-3-4-14-11(17)5-7/h1-6H,(H,14,17)(H,15,18). The summed E-state index contributed by atoms with van der Waals surface area (Å²) in [5.41, 5.74) is -0.137. The van der Waals surface area contributed by atoms with Crippen LogP contribution >= 0.6 is 15.9 Å². The van der Waals surface area contributed by atoms with Gasteiger partial charge in [0.05, 0.1) is 10.6 Å². The number of rotatable bonds is 3. The third-order valence-corrected chi connectivity index (χ3v) is 3.14. The van der Waals surface area contributed by atoms with Gasteiger partial charge in [-0.25, -0.2) is 0 Å². The first kappa shape index (κ1) is 13.9. The average molecular weight is 338 g/mol. The summed E-state index contributed by atoms with van der Waals surface area (Å²) in [7, 11) is 0. The number of nitrogens with one attached hydrogen (secondary N) is 2. The van der Waals surface area contributed by atoms with E-state index in [0.29, 0.717) is 4.47 Å². The third kappa shape index (κ3) is 3.09. The van der Waals surface area contributed by atoms with Crippen LogP contribution in [0.2, 0.25) is 0 Å². The SMILES string of the molecule is O=C(Nc1cc([N+](=O)[O-])ccc1Br)c1cc[nH]c(=O)c1. The number of nitrogens with zero attached hydrogens (tertiary/aromatic N) is 1. The fourth-order valence-corrected chi connectivity index (χ4v) is 1.85. The van der Waals surface area contributed by atoms with E-state index >= 15 is 0 Å². The van der Waals surface area contributed by atoms with Crippen LogP contribution in [-0.4, -0.2) is 15.8 Å². The molecule has 0 unspecified atom stereocenters. The molecule has 1 heterocycles. The molecule has 2 N–H and O–H groups in total. The number of pyridine rings is 1. The lowest BCUT2D eigenvalue weighted by molar-refractivity contribution is -0.384. The highest BCUT2D eigenvalue weighted by Crippen LogP contribution is 2.27. The molecular weight excluding hydrogens is 330 g/mol. The Labute approximate surface area is 120 Å². The monoisotopic (exact) mass is 337 g/mol. The van der Waals surface area contributed by atoms with Gasteiger partial charge in [-0.3, -0.25) is 19.7 Å². The van der Waals surface area contributed by atoms with Crippen molar-refractivity contribution in [3.05, 3.63) is 67.0 Å². The van der Waals surface area contributed by atoms with Gasteiger partial charge in [-0.05, 0) is 28.1 Å². The number of carbonyl (C=O) groups excluding carboxylic acids is 1. The molecule has 102 valence electrons. The van der Waals surface area contributed by atoms with Crippen molar-refractivity contribution in [3.8, 4) is 0 Å². The van der Waals surface area contributed by atoms with Crippen molar-refractivity contribution in [3.63, 3.8) is 0 Å². The van der Waals surface area contributed by atoms with E-state index in [1.807, 2.05) is 0 Å². The Morgan fingerprint density at radius 1 is 1.30 bits per heavy atom. The van der Waals surface area contributed by atoms with Gasteiger partial charge in [0, 0.05) is 34.4 Å². The summed E-state index contributed by atoms with van der Waals surface area (Å²) < 4.78 is 0.501. The number of nitro benzene ring substituents is 1. The zero-order valence-corrected chi connectivity index (χ0v) is 11.5. The van der Waals surface area contributed by atoms with E-state index in [2.05, 4.69) is 26.2 Å². The predicted octanol–water partition coefficient (Wildman–Crippen LogP) is 2.30. The number of amides is 1. The number of non-ortho nitro benzene ring substituents is 1. The van der Waals surface area contributed by atoms with Gasteiger partial charge in [0.15, 0.2) is 0 Å². The van der Waals surface area contributed by atoms with Gasteiger partial charge >= 0.3 is 0 Å². The smallest absolute Gasteiger partial charge is 0.271 e. The Kier molecular flexibility index (Phi) is 3.94. The van der Waals surface area contributed by atoms with Gasteiger partial charge in [0.25, 0.3) is 11.6 Å². The highest BCUT2D eigenvalue weighted by atomic mass is 79.9. The van der Waals surface area contributed by atoms with Crippen molar-refractivity contribution in [2.45, 2.75) is 0 Å². The number of H-pyrrole nitrogens is 1. The first-order valence-corrected chi connectivity index (χ1v) is 6.21. The largest absolute Gasteiger partial charge is 0.329 e. The molecular formula is C12H8BrN3O4. The fraction of sp³-hybridized carbons (Fsp3) is 0. The summed E-state index contributed by atoms with van der Waals surface area (Å²) in [5, 5.41) is 13.2. The molecule has 1 amide bonds. The van der Waals surface area contributed by atoms with E-state index < -0.39 is 16.4 Å². The number of hydrogen-bond acceptors (Lipinski definition) is 4. The molecule has 0 aliphatic carbocycles. The van der Waals surface area contributed by atoms with Crippen LogP contribution in [0.1, 0.15) is 10.4 Å². The first-order valence-electron chi connectivity index (χ1n) is 5.41. The summed E-state index contributed by atoms with van der Waals surface area (Å²) in [6.07, 6.45) is 1.35. The van der Waals surface area contributed by atoms with Crippen LogP contribution in [0.25, 0.3) is 0 Å². The van der Waals surface area contributed by atoms with E-state index in [9.17, 15) is 19.7 Å². The predicted molar refractivity (Wildman–Crippen MR) is 75.8 cm³/mol. The third-order valence-electron chi connectivity index (χ3n) is 2.45. The number of nitro groups is 1. The molecule has 0 fully saturated rings. The van der Waals surface area contributed by atoms with E-state index in [-0.39, 0.29) is 16.9 Å². The Balaban J connectivity index is 2.30. The topological polar surface area (TPSA) is 105 Å². The molecule has 2 rings (SSSR count). The van der Waals surface area contributed by atoms with Gasteiger partial charge in [-0.2, -0.15) is 0 Å². The van der Waals surface area contributed by atoms with E-state index in [1.54, 1.807) is 0 Å². The second-order valence-corrected chi connectivity index (χ2v) is 4.67. The number of hydrogen-bond donors (Lipinski definition) is 2. The van der Waals surface area contributed by atoms with Crippen LogP contribution in [0.4, 0.5) is 11.4 Å². The van der Waals surface area contributed by atoms with Gasteiger partial charge < -0.3 is 10.3 Å². The van der Waals surface area contributed by atoms with Gasteiger partial charge in [-0.1, -0.05) is 0 Å². The lowest BCUT2D eigenvalue weighted by atomic mass is 10.2. The summed E-state index contributed by atoms with van der Waals surface area (Å²) >= 11 is 3.19. The van der Waals surface area contributed by atoms with Gasteiger partial charge in [-0.15, -0.1) is 0 Å². The molecule has 0 saturated carbocycles. The lowest BCUT2D eigenvalue weighted by Gasteiger charge is -2.07. The van der Waals surface area contributed by atoms with Crippen molar-refractivity contribution in [2.24, 2.45) is 0 Å². The highest BCUT2D eigenvalue weighted by Gasteiger charge is 2.13. The second kappa shape index (κ2) is 5.66. The molecule has 1 aromatic carbocycles. The number of aromatic nitrogens is 1. The van der Waals surface area contributed by atoms with Crippen molar-refractivity contribution in [1.29, 1.82) is 0 Å². The first-order chi connectivity index (χ1) is 9.47. The minimum absolute atomic E-state index is 0.144. The molecule has 0 spiro atoms. The van der Waals surface area contributed by atoms with E-state index in [4.69, 9.17) is 0 Å². The maximum absolute atomic E-state index is 11.9. The quantitative estimate of drug-likeness (QED) is 0.662. The maximum Gasteiger partial charge on any atom is 0.271 e. The van der Waals surface area contributed by atoms with E-state index in [1.165, 1.54) is 30.5 Å². The molecule has 0 aliphatic heterocycles. The number of carbonyl (C=O) groups is 1. The molecule has 20 heavy (non-hydrogen) atoms. The van der Waals surface area contributed by atoms with Crippen LogP contribution in [0.5, 0.6) is 0 Å². The summed E-state index contributed by atoms with van der Waals surface area (Å²) in [4.78, 5) is 35.6. The number of benzene rings is 1. The molecule has 0 aliphatic rings. The second-order valence-electron chi connectivity index (χ2n) is 3.82. The molecule has 7 nitrogen and oxygen atoms in total. The molecule has 0 saturated heterocycles. The average Bonchev–Trinajstić information content (AvgIpc) is 2.41. The van der Waals surface area contributed by atoms with E-state index in [0.717, 1.165) is 6.07 Å². The van der Waals surface area contributed by atoms with Crippen LogP contribution in [-0.2, 0) is 0 Å². The number of aromatic amines is 1. The zero-order valence-electron chi connectivity index (χ0n) is 9.92. The Morgan fingerprint density at radius 3 is 2.70 bits per heavy atom.